The largest absolute Gasteiger partial charge is 0.452 e. The Morgan fingerprint density at radius 1 is 0.737 bits per heavy atom. The standard InChI is InChI=1S/C6Cl2F10O/c7-1(9)2(8)19-6(17,18)3(10,4(11,12)13)5(14,15)16. The highest BCUT2D eigenvalue weighted by atomic mass is 35.5. The second kappa shape index (κ2) is 5.08. The molecule has 0 aliphatic heterocycles. The monoisotopic (exact) mass is 348 g/mol. The van der Waals surface area contributed by atoms with Crippen molar-refractivity contribution in [2.45, 2.75) is 24.1 Å². The number of ether oxygens (including phenoxy) is 1. The Bertz CT molecular complexity index is 351. The summed E-state index contributed by atoms with van der Waals surface area (Å²) >= 11 is 8.63. The van der Waals surface area contributed by atoms with Gasteiger partial charge in [0, 0.05) is 0 Å². The lowest BCUT2D eigenvalue weighted by Crippen LogP contribution is -2.65. The van der Waals surface area contributed by atoms with Gasteiger partial charge in [0.05, 0.1) is 0 Å². The third kappa shape index (κ3) is 3.30. The van der Waals surface area contributed by atoms with Crippen LogP contribution in [0.25, 0.3) is 0 Å². The van der Waals surface area contributed by atoms with Gasteiger partial charge in [-0.1, -0.05) is 0 Å². The van der Waals surface area contributed by atoms with E-state index in [0.717, 1.165) is 0 Å². The van der Waals surface area contributed by atoms with E-state index in [1.54, 1.807) is 0 Å². The Morgan fingerprint density at radius 3 is 1.26 bits per heavy atom. The number of rotatable bonds is 3. The van der Waals surface area contributed by atoms with E-state index in [2.05, 4.69) is 27.9 Å². The lowest BCUT2D eigenvalue weighted by atomic mass is 10.0. The van der Waals surface area contributed by atoms with Gasteiger partial charge in [0.15, 0.2) is 0 Å². The van der Waals surface area contributed by atoms with E-state index in [4.69, 9.17) is 0 Å². The summed E-state index contributed by atoms with van der Waals surface area (Å²) < 4.78 is 124. The Morgan fingerprint density at radius 2 is 1.05 bits per heavy atom. The van der Waals surface area contributed by atoms with Gasteiger partial charge in [0.1, 0.15) is 0 Å². The number of halogens is 12. The van der Waals surface area contributed by atoms with Crippen LogP contribution in [0.3, 0.4) is 0 Å². The van der Waals surface area contributed by atoms with Crippen molar-refractivity contribution in [1.29, 1.82) is 0 Å². The quantitative estimate of drug-likeness (QED) is 0.515. The molecule has 0 aromatic heterocycles. The first-order valence-electron chi connectivity index (χ1n) is 3.68. The van der Waals surface area contributed by atoms with Crippen LogP contribution in [0.1, 0.15) is 0 Å². The van der Waals surface area contributed by atoms with Gasteiger partial charge >= 0.3 is 24.1 Å². The molecule has 114 valence electrons. The van der Waals surface area contributed by atoms with E-state index in [1.807, 2.05) is 0 Å². The second-order valence-corrected chi connectivity index (χ2v) is 3.48. The molecule has 0 rings (SSSR count). The molecule has 0 fully saturated rings. The molecule has 19 heavy (non-hydrogen) atoms. The molecule has 0 aliphatic carbocycles. The maximum atomic E-state index is 12.8. The lowest BCUT2D eigenvalue weighted by Gasteiger charge is -2.34. The first-order valence-corrected chi connectivity index (χ1v) is 4.43. The van der Waals surface area contributed by atoms with E-state index < -0.39 is 34.6 Å². The van der Waals surface area contributed by atoms with Crippen molar-refractivity contribution >= 4 is 23.2 Å². The SMILES string of the molecule is FC(Cl)=C(Cl)OC(F)(F)C(F)(C(F)(F)F)C(F)(F)F. The molecular weight excluding hydrogens is 349 g/mol. The van der Waals surface area contributed by atoms with Crippen molar-refractivity contribution in [2.75, 3.05) is 0 Å². The Labute approximate surface area is 107 Å². The van der Waals surface area contributed by atoms with Gasteiger partial charge in [-0.15, -0.1) is 0 Å². The summed E-state index contributed by atoms with van der Waals surface area (Å²) in [5.74, 6) is 0. The van der Waals surface area contributed by atoms with Gasteiger partial charge in [-0.2, -0.15) is 39.5 Å². The summed E-state index contributed by atoms with van der Waals surface area (Å²) in [6.45, 7) is 0. The average molecular weight is 349 g/mol. The molecule has 0 bridgehead atoms. The van der Waals surface area contributed by atoms with Crippen molar-refractivity contribution in [3.05, 3.63) is 10.5 Å². The molecular formula is C6Cl2F10O. The second-order valence-electron chi connectivity index (χ2n) is 2.81. The zero-order chi connectivity index (χ0) is 15.9. The third-order valence-electron chi connectivity index (χ3n) is 1.55. The molecule has 0 N–H and O–H groups in total. The Kier molecular flexibility index (Phi) is 4.92. The maximum Gasteiger partial charge on any atom is 0.452 e. The van der Waals surface area contributed by atoms with Gasteiger partial charge in [-0.3, -0.25) is 0 Å². The van der Waals surface area contributed by atoms with Crippen LogP contribution in [0, 0.1) is 0 Å². The molecule has 1 nitrogen and oxygen atoms in total. The summed E-state index contributed by atoms with van der Waals surface area (Å²) in [4.78, 5) is 0. The highest BCUT2D eigenvalue weighted by molar-refractivity contribution is 6.37. The van der Waals surface area contributed by atoms with Crippen molar-refractivity contribution in [3.8, 4) is 0 Å². The van der Waals surface area contributed by atoms with Gasteiger partial charge in [-0.25, -0.2) is 4.39 Å². The van der Waals surface area contributed by atoms with E-state index in [0.29, 0.717) is 0 Å². The predicted molar refractivity (Wildman–Crippen MR) is 41.8 cm³/mol. The zero-order valence-electron chi connectivity index (χ0n) is 7.94. The topological polar surface area (TPSA) is 9.23 Å². The summed E-state index contributed by atoms with van der Waals surface area (Å²) in [6.07, 6.45) is -20.8. The molecule has 0 amide bonds. The Balaban J connectivity index is 5.85. The zero-order valence-corrected chi connectivity index (χ0v) is 9.46. The predicted octanol–water partition coefficient (Wildman–Crippen LogP) is 5.00. The minimum atomic E-state index is -7.12. The van der Waals surface area contributed by atoms with Crippen LogP contribution in [0.2, 0.25) is 0 Å². The Hall–Kier alpha value is -0.580. The van der Waals surface area contributed by atoms with Crippen LogP contribution in [-0.4, -0.2) is 24.1 Å². The van der Waals surface area contributed by atoms with E-state index in [1.165, 1.54) is 0 Å². The summed E-state index contributed by atoms with van der Waals surface area (Å²) in [6, 6.07) is 0. The van der Waals surface area contributed by atoms with Crippen molar-refractivity contribution in [3.63, 3.8) is 0 Å². The van der Waals surface area contributed by atoms with E-state index in [-0.39, 0.29) is 0 Å². The maximum absolute atomic E-state index is 12.8. The van der Waals surface area contributed by atoms with Crippen LogP contribution in [0.5, 0.6) is 0 Å². The molecule has 0 atom stereocenters. The van der Waals surface area contributed by atoms with Crippen LogP contribution in [0.15, 0.2) is 10.5 Å². The normalized spacial score (nSPS) is 16.2. The molecule has 0 aliphatic rings. The minimum Gasteiger partial charge on any atom is -0.414 e. The first kappa shape index (κ1) is 18.4. The molecule has 0 aromatic carbocycles. The van der Waals surface area contributed by atoms with Crippen molar-refractivity contribution < 1.29 is 48.6 Å². The van der Waals surface area contributed by atoms with Crippen LogP contribution < -0.4 is 0 Å². The summed E-state index contributed by atoms with van der Waals surface area (Å²) in [7, 11) is 0. The smallest absolute Gasteiger partial charge is 0.414 e. The molecule has 0 heterocycles. The highest BCUT2D eigenvalue weighted by Gasteiger charge is 2.86. The molecule has 0 spiro atoms. The molecule has 0 unspecified atom stereocenters. The number of hydrogen-bond donors (Lipinski definition) is 0. The van der Waals surface area contributed by atoms with Crippen LogP contribution in [0.4, 0.5) is 43.9 Å². The third-order valence-corrected chi connectivity index (χ3v) is 2.06. The van der Waals surface area contributed by atoms with Gasteiger partial charge < -0.3 is 4.74 Å². The van der Waals surface area contributed by atoms with E-state index in [9.17, 15) is 43.9 Å². The van der Waals surface area contributed by atoms with Crippen LogP contribution in [-0.2, 0) is 4.74 Å². The lowest BCUT2D eigenvalue weighted by molar-refractivity contribution is -0.441. The summed E-state index contributed by atoms with van der Waals surface area (Å²) in [5, 5.41) is -4.77. The van der Waals surface area contributed by atoms with Crippen molar-refractivity contribution in [2.24, 2.45) is 0 Å². The molecule has 0 saturated carbocycles. The fourth-order valence-corrected chi connectivity index (χ4v) is 0.848. The van der Waals surface area contributed by atoms with Crippen LogP contribution >= 0.6 is 23.2 Å². The molecule has 13 heteroatoms. The molecule has 0 aromatic rings. The van der Waals surface area contributed by atoms with Crippen molar-refractivity contribution in [1.82, 2.24) is 0 Å². The minimum absolute atomic E-state index is 2.37. The van der Waals surface area contributed by atoms with Gasteiger partial charge in [0.2, 0.25) is 10.5 Å². The number of alkyl halides is 9. The molecule has 0 saturated heterocycles. The fourth-order valence-electron chi connectivity index (χ4n) is 0.712. The molecule has 0 radical (unpaired) electrons. The summed E-state index contributed by atoms with van der Waals surface area (Å²) in [5.41, 5.74) is -7.11. The van der Waals surface area contributed by atoms with Gasteiger partial charge in [0.25, 0.3) is 0 Å². The first-order chi connectivity index (χ1) is 8.08. The van der Waals surface area contributed by atoms with Gasteiger partial charge in [-0.05, 0) is 23.2 Å². The van der Waals surface area contributed by atoms with E-state index >= 15 is 0 Å². The highest BCUT2D eigenvalue weighted by Crippen LogP contribution is 2.55. The fraction of sp³-hybridized carbons (Fsp3) is 0.667. The average Bonchev–Trinajstić information content (AvgIpc) is 2.11. The number of hydrogen-bond acceptors (Lipinski definition) is 1.